The molecule has 0 aromatic heterocycles. The van der Waals surface area contributed by atoms with E-state index >= 15 is 0 Å². The average molecular weight is 192 g/mol. The summed E-state index contributed by atoms with van der Waals surface area (Å²) in [5.74, 6) is -0.287. The minimum Gasteiger partial charge on any atom is -0.493 e. The molecule has 74 valence electrons. The van der Waals surface area contributed by atoms with Gasteiger partial charge in [0.1, 0.15) is 5.76 Å². The average Bonchev–Trinajstić information content (AvgIpc) is 2.01. The Morgan fingerprint density at radius 1 is 1.46 bits per heavy atom. The third kappa shape index (κ3) is 3.83. The summed E-state index contributed by atoms with van der Waals surface area (Å²) in [6.45, 7) is 7.94. The normalized spacial score (nSPS) is 12.5. The highest BCUT2D eigenvalue weighted by Crippen LogP contribution is 2.30. The Balaban J connectivity index is 4.66. The van der Waals surface area contributed by atoms with Crippen LogP contribution in [0.4, 0.5) is 13.2 Å². The zero-order valence-corrected chi connectivity index (χ0v) is 7.32. The van der Waals surface area contributed by atoms with Gasteiger partial charge in [-0.25, -0.2) is 0 Å². The molecule has 0 aliphatic rings. The van der Waals surface area contributed by atoms with E-state index in [4.69, 9.17) is 4.74 Å². The van der Waals surface area contributed by atoms with Crippen LogP contribution in [-0.4, -0.2) is 12.8 Å². The maximum Gasteiger partial charge on any atom is 0.419 e. The molecule has 0 saturated carbocycles. The van der Waals surface area contributed by atoms with Crippen molar-refractivity contribution in [1.29, 1.82) is 0 Å². The molecule has 0 aliphatic heterocycles. The molecule has 0 aromatic rings. The van der Waals surface area contributed by atoms with E-state index in [1.165, 1.54) is 6.08 Å². The van der Waals surface area contributed by atoms with Crippen LogP contribution < -0.4 is 0 Å². The Morgan fingerprint density at radius 2 is 2.00 bits per heavy atom. The molecule has 4 heteroatoms. The lowest BCUT2D eigenvalue weighted by Gasteiger charge is -2.13. The zero-order chi connectivity index (χ0) is 10.5. The number of halogens is 3. The number of rotatable bonds is 4. The van der Waals surface area contributed by atoms with Crippen molar-refractivity contribution in [2.24, 2.45) is 0 Å². The summed E-state index contributed by atoms with van der Waals surface area (Å²) in [5.41, 5.74) is -0.991. The molecular weight excluding hydrogens is 181 g/mol. The van der Waals surface area contributed by atoms with Crippen molar-refractivity contribution in [1.82, 2.24) is 0 Å². The van der Waals surface area contributed by atoms with Crippen LogP contribution in [-0.2, 0) is 4.74 Å². The summed E-state index contributed by atoms with van der Waals surface area (Å²) >= 11 is 0. The second-order valence-electron chi connectivity index (χ2n) is 2.18. The van der Waals surface area contributed by atoms with E-state index in [1.54, 1.807) is 6.92 Å². The van der Waals surface area contributed by atoms with E-state index in [2.05, 4.69) is 13.2 Å². The fourth-order valence-corrected chi connectivity index (χ4v) is 0.638. The van der Waals surface area contributed by atoms with E-state index in [-0.39, 0.29) is 12.4 Å². The summed E-state index contributed by atoms with van der Waals surface area (Å²) < 4.78 is 41.0. The van der Waals surface area contributed by atoms with Crippen molar-refractivity contribution in [3.05, 3.63) is 36.6 Å². The molecule has 0 N–H and O–H groups in total. The molecule has 0 aromatic carbocycles. The Bertz CT molecular complexity index is 226. The van der Waals surface area contributed by atoms with Gasteiger partial charge in [-0.05, 0) is 13.0 Å². The minimum atomic E-state index is -4.45. The molecule has 13 heavy (non-hydrogen) atoms. The Morgan fingerprint density at radius 3 is 2.31 bits per heavy atom. The maximum atomic E-state index is 12.1. The molecule has 0 rings (SSSR count). The van der Waals surface area contributed by atoms with Crippen LogP contribution in [0.1, 0.15) is 6.92 Å². The van der Waals surface area contributed by atoms with Gasteiger partial charge >= 0.3 is 6.18 Å². The first-order valence-electron chi connectivity index (χ1n) is 3.65. The molecule has 0 heterocycles. The largest absolute Gasteiger partial charge is 0.493 e. The molecule has 0 fully saturated rings. The van der Waals surface area contributed by atoms with E-state index in [1.807, 2.05) is 0 Å². The predicted molar refractivity (Wildman–Crippen MR) is 45.1 cm³/mol. The van der Waals surface area contributed by atoms with Gasteiger partial charge in [0.25, 0.3) is 0 Å². The van der Waals surface area contributed by atoms with Crippen LogP contribution in [0.15, 0.2) is 36.6 Å². The monoisotopic (exact) mass is 192 g/mol. The van der Waals surface area contributed by atoms with Crippen molar-refractivity contribution < 1.29 is 17.9 Å². The van der Waals surface area contributed by atoms with E-state index in [0.29, 0.717) is 0 Å². The van der Waals surface area contributed by atoms with Crippen LogP contribution in [0.3, 0.4) is 0 Å². The first-order valence-corrected chi connectivity index (χ1v) is 3.65. The maximum absolute atomic E-state index is 12.1. The van der Waals surface area contributed by atoms with Gasteiger partial charge in [-0.3, -0.25) is 0 Å². The number of ether oxygens (including phenoxy) is 1. The first-order chi connectivity index (χ1) is 5.93. The van der Waals surface area contributed by atoms with Gasteiger partial charge in [0, 0.05) is 0 Å². The lowest BCUT2D eigenvalue weighted by molar-refractivity contribution is -0.0933. The van der Waals surface area contributed by atoms with Gasteiger partial charge in [0.2, 0.25) is 0 Å². The number of allylic oxidation sites excluding steroid dienone is 3. The van der Waals surface area contributed by atoms with Crippen LogP contribution in [0.2, 0.25) is 0 Å². The van der Waals surface area contributed by atoms with Crippen LogP contribution in [0, 0.1) is 0 Å². The van der Waals surface area contributed by atoms with Crippen LogP contribution in [0.5, 0.6) is 0 Å². The van der Waals surface area contributed by atoms with Gasteiger partial charge in [-0.1, -0.05) is 19.2 Å². The fraction of sp³-hybridized carbons (Fsp3) is 0.333. The predicted octanol–water partition coefficient (Wildman–Crippen LogP) is 3.21. The zero-order valence-electron chi connectivity index (χ0n) is 7.32. The standard InChI is InChI=1S/C9H11F3O/c1-4-6-8(13-5-2)7(3)9(10,11)12/h4,6H,1,3,5H2,2H3/b8-6+. The van der Waals surface area contributed by atoms with Gasteiger partial charge in [0.05, 0.1) is 12.2 Å². The van der Waals surface area contributed by atoms with Crippen LogP contribution >= 0.6 is 0 Å². The summed E-state index contributed by atoms with van der Waals surface area (Å²) in [4.78, 5) is 0. The third-order valence-electron chi connectivity index (χ3n) is 1.21. The van der Waals surface area contributed by atoms with Gasteiger partial charge in [-0.15, -0.1) is 0 Å². The fourth-order valence-electron chi connectivity index (χ4n) is 0.638. The van der Waals surface area contributed by atoms with Crippen molar-refractivity contribution in [2.75, 3.05) is 6.61 Å². The summed E-state index contributed by atoms with van der Waals surface area (Å²) in [7, 11) is 0. The molecule has 0 aliphatic carbocycles. The van der Waals surface area contributed by atoms with Gasteiger partial charge in [-0.2, -0.15) is 13.2 Å². The number of hydrogen-bond donors (Lipinski definition) is 0. The Labute approximate surface area is 75.2 Å². The van der Waals surface area contributed by atoms with Crippen molar-refractivity contribution in [2.45, 2.75) is 13.1 Å². The van der Waals surface area contributed by atoms with Gasteiger partial charge in [0.15, 0.2) is 0 Å². The quantitative estimate of drug-likeness (QED) is 0.491. The highest BCUT2D eigenvalue weighted by molar-refractivity contribution is 5.29. The topological polar surface area (TPSA) is 9.23 Å². The Hall–Kier alpha value is -1.19. The number of alkyl halides is 3. The Kier molecular flexibility index (Phi) is 4.31. The highest BCUT2D eigenvalue weighted by Gasteiger charge is 2.34. The molecule has 0 atom stereocenters. The second-order valence-corrected chi connectivity index (χ2v) is 2.18. The molecule has 0 unspecified atom stereocenters. The van der Waals surface area contributed by atoms with Crippen LogP contribution in [0.25, 0.3) is 0 Å². The lowest BCUT2D eigenvalue weighted by Crippen LogP contribution is -2.14. The molecule has 0 amide bonds. The van der Waals surface area contributed by atoms with Crippen molar-refractivity contribution in [3.63, 3.8) is 0 Å². The molecule has 1 nitrogen and oxygen atoms in total. The molecule has 0 bridgehead atoms. The van der Waals surface area contributed by atoms with E-state index in [0.717, 1.165) is 6.08 Å². The SMILES string of the molecule is C=C/C=C(/OCC)C(=C)C(F)(F)F. The molecule has 0 radical (unpaired) electrons. The summed E-state index contributed by atoms with van der Waals surface area (Å²) in [5, 5.41) is 0. The highest BCUT2D eigenvalue weighted by atomic mass is 19.4. The third-order valence-corrected chi connectivity index (χ3v) is 1.21. The minimum absolute atomic E-state index is 0.161. The first kappa shape index (κ1) is 11.8. The molecular formula is C9H11F3O. The molecule has 0 spiro atoms. The lowest BCUT2D eigenvalue weighted by atomic mass is 10.2. The second kappa shape index (κ2) is 4.74. The number of hydrogen-bond acceptors (Lipinski definition) is 1. The summed E-state index contributed by atoms with van der Waals surface area (Å²) in [6, 6.07) is 0. The van der Waals surface area contributed by atoms with Crippen molar-refractivity contribution >= 4 is 0 Å². The van der Waals surface area contributed by atoms with E-state index < -0.39 is 11.7 Å². The van der Waals surface area contributed by atoms with E-state index in [9.17, 15) is 13.2 Å². The summed E-state index contributed by atoms with van der Waals surface area (Å²) in [6.07, 6.45) is -2.09. The van der Waals surface area contributed by atoms with Crippen molar-refractivity contribution in [3.8, 4) is 0 Å². The van der Waals surface area contributed by atoms with Gasteiger partial charge < -0.3 is 4.74 Å². The smallest absolute Gasteiger partial charge is 0.419 e. The molecule has 0 saturated heterocycles.